The Kier molecular flexibility index (Phi) is 8.07. The van der Waals surface area contributed by atoms with Gasteiger partial charge in [-0.1, -0.05) is 33.6 Å². The zero-order valence-corrected chi connectivity index (χ0v) is 18.9. The van der Waals surface area contributed by atoms with Crippen molar-refractivity contribution in [1.29, 1.82) is 0 Å². The molecule has 0 fully saturated rings. The lowest BCUT2D eigenvalue weighted by Gasteiger charge is -2.12. The topological polar surface area (TPSA) is 79.5 Å². The van der Waals surface area contributed by atoms with Gasteiger partial charge in [-0.25, -0.2) is 0 Å². The fourth-order valence-electron chi connectivity index (χ4n) is 2.14. The number of aryl methyl sites for hydroxylation is 2. The fourth-order valence-corrected chi connectivity index (χ4v) is 3.25. The van der Waals surface area contributed by atoms with Crippen LogP contribution in [-0.4, -0.2) is 18.4 Å². The minimum atomic E-state index is -0.376. The molecule has 8 heteroatoms. The standard InChI is InChI=1S/C20H21Br2N3O3/c1-12-4-6-15(7-5-12)23-19(26)9-14(3)24-25-20(27)11-28-18-8-13(2)16(21)10-17(18)22/h4-10,24H,11H2,1-3H3,(H,23,26)(H,25,27)/b14-9+. The van der Waals surface area contributed by atoms with Gasteiger partial charge in [-0.15, -0.1) is 0 Å². The summed E-state index contributed by atoms with van der Waals surface area (Å²) < 4.78 is 7.21. The second kappa shape index (κ2) is 10.3. The normalized spacial score (nSPS) is 11.0. The smallest absolute Gasteiger partial charge is 0.276 e. The Hall–Kier alpha value is -2.32. The van der Waals surface area contributed by atoms with Gasteiger partial charge < -0.3 is 15.5 Å². The van der Waals surface area contributed by atoms with Crippen LogP contribution in [0.1, 0.15) is 18.1 Å². The van der Waals surface area contributed by atoms with Crippen LogP contribution < -0.4 is 20.9 Å². The van der Waals surface area contributed by atoms with E-state index in [0.29, 0.717) is 17.1 Å². The van der Waals surface area contributed by atoms with Crippen molar-refractivity contribution in [2.24, 2.45) is 0 Å². The summed E-state index contributed by atoms with van der Waals surface area (Å²) in [6.07, 6.45) is 1.36. The van der Waals surface area contributed by atoms with Crippen LogP contribution in [0.25, 0.3) is 0 Å². The zero-order valence-electron chi connectivity index (χ0n) is 15.7. The lowest BCUT2D eigenvalue weighted by atomic mass is 10.2. The highest BCUT2D eigenvalue weighted by atomic mass is 79.9. The summed E-state index contributed by atoms with van der Waals surface area (Å²) in [5, 5.41) is 2.75. The highest BCUT2D eigenvalue weighted by Crippen LogP contribution is 2.31. The van der Waals surface area contributed by atoms with E-state index in [9.17, 15) is 9.59 Å². The number of allylic oxidation sites excluding steroid dienone is 1. The summed E-state index contributed by atoms with van der Waals surface area (Å²) in [5.74, 6) is -0.103. The molecule has 2 rings (SSSR count). The summed E-state index contributed by atoms with van der Waals surface area (Å²) in [4.78, 5) is 23.9. The Morgan fingerprint density at radius 2 is 1.71 bits per heavy atom. The molecule has 3 N–H and O–H groups in total. The van der Waals surface area contributed by atoms with Crippen molar-refractivity contribution in [3.05, 3.63) is 68.2 Å². The molecule has 0 saturated carbocycles. The molecule has 0 atom stereocenters. The van der Waals surface area contributed by atoms with Crippen LogP contribution in [0.15, 0.2) is 57.1 Å². The van der Waals surface area contributed by atoms with Crippen molar-refractivity contribution in [3.63, 3.8) is 0 Å². The van der Waals surface area contributed by atoms with Crippen LogP contribution in [-0.2, 0) is 9.59 Å². The molecule has 28 heavy (non-hydrogen) atoms. The molecule has 2 aromatic carbocycles. The third kappa shape index (κ3) is 7.01. The van der Waals surface area contributed by atoms with Gasteiger partial charge in [0.2, 0.25) is 5.91 Å². The van der Waals surface area contributed by atoms with Crippen LogP contribution in [0.3, 0.4) is 0 Å². The van der Waals surface area contributed by atoms with Crippen molar-refractivity contribution < 1.29 is 14.3 Å². The maximum absolute atomic E-state index is 12.0. The van der Waals surface area contributed by atoms with Gasteiger partial charge in [-0.05, 0) is 66.5 Å². The van der Waals surface area contributed by atoms with Gasteiger partial charge in [0.25, 0.3) is 5.91 Å². The molecule has 0 heterocycles. The fraction of sp³-hybridized carbons (Fsp3) is 0.200. The molecule has 0 bridgehead atoms. The number of hydrogen-bond donors (Lipinski definition) is 3. The number of amides is 2. The second-order valence-corrected chi connectivity index (χ2v) is 7.88. The molecule has 0 saturated heterocycles. The van der Waals surface area contributed by atoms with Crippen molar-refractivity contribution in [1.82, 2.24) is 10.9 Å². The average molecular weight is 511 g/mol. The van der Waals surface area contributed by atoms with Crippen LogP contribution in [0.4, 0.5) is 5.69 Å². The van der Waals surface area contributed by atoms with Gasteiger partial charge >= 0.3 is 0 Å². The molecule has 0 aliphatic heterocycles. The summed E-state index contributed by atoms with van der Waals surface area (Å²) >= 11 is 6.83. The van der Waals surface area contributed by atoms with E-state index in [0.717, 1.165) is 20.1 Å². The number of halogens is 2. The molecule has 0 aliphatic carbocycles. The molecule has 148 valence electrons. The molecule has 0 unspecified atom stereocenters. The number of carbonyl (C=O) groups is 2. The van der Waals surface area contributed by atoms with E-state index in [1.807, 2.05) is 50.2 Å². The Bertz CT molecular complexity index is 896. The van der Waals surface area contributed by atoms with Crippen molar-refractivity contribution in [2.45, 2.75) is 20.8 Å². The molecule has 0 spiro atoms. The minimum absolute atomic E-state index is 0.171. The predicted molar refractivity (Wildman–Crippen MR) is 117 cm³/mol. The number of ether oxygens (including phenoxy) is 1. The predicted octanol–water partition coefficient (Wildman–Crippen LogP) is 4.37. The first-order valence-electron chi connectivity index (χ1n) is 8.44. The van der Waals surface area contributed by atoms with Gasteiger partial charge in [0.1, 0.15) is 5.75 Å². The van der Waals surface area contributed by atoms with Gasteiger partial charge in [0, 0.05) is 21.9 Å². The van der Waals surface area contributed by atoms with E-state index in [1.54, 1.807) is 6.92 Å². The first-order chi connectivity index (χ1) is 13.2. The van der Waals surface area contributed by atoms with Crippen LogP contribution >= 0.6 is 31.9 Å². The maximum Gasteiger partial charge on any atom is 0.276 e. The first kappa shape index (κ1) is 22.0. The Labute approximate surface area is 181 Å². The van der Waals surface area contributed by atoms with E-state index >= 15 is 0 Å². The van der Waals surface area contributed by atoms with Crippen molar-refractivity contribution in [2.75, 3.05) is 11.9 Å². The summed E-state index contributed by atoms with van der Waals surface area (Å²) in [7, 11) is 0. The SMILES string of the molecule is C/C(=C\C(=O)Nc1ccc(C)cc1)NNC(=O)COc1cc(C)c(Br)cc1Br. The van der Waals surface area contributed by atoms with E-state index in [2.05, 4.69) is 48.0 Å². The summed E-state index contributed by atoms with van der Waals surface area (Å²) in [6.45, 7) is 5.41. The van der Waals surface area contributed by atoms with Gasteiger partial charge in [-0.2, -0.15) is 0 Å². The third-order valence-corrected chi connectivity index (χ3v) is 5.11. The number of carbonyl (C=O) groups excluding carboxylic acids is 2. The lowest BCUT2D eigenvalue weighted by molar-refractivity contribution is -0.124. The Morgan fingerprint density at radius 1 is 1.04 bits per heavy atom. The first-order valence-corrected chi connectivity index (χ1v) is 10.0. The highest BCUT2D eigenvalue weighted by molar-refractivity contribution is 9.11. The average Bonchev–Trinajstić information content (AvgIpc) is 2.63. The van der Waals surface area contributed by atoms with Crippen molar-refractivity contribution >= 4 is 49.4 Å². The third-order valence-electron chi connectivity index (χ3n) is 3.64. The van der Waals surface area contributed by atoms with E-state index in [4.69, 9.17) is 4.74 Å². The second-order valence-electron chi connectivity index (χ2n) is 6.18. The molecule has 0 radical (unpaired) electrons. The van der Waals surface area contributed by atoms with E-state index in [1.165, 1.54) is 6.08 Å². The summed E-state index contributed by atoms with van der Waals surface area (Å²) in [5.41, 5.74) is 8.46. The number of benzene rings is 2. The Balaban J connectivity index is 1.79. The molecular weight excluding hydrogens is 490 g/mol. The number of rotatable bonds is 7. The van der Waals surface area contributed by atoms with Crippen molar-refractivity contribution in [3.8, 4) is 5.75 Å². The molecule has 2 aromatic rings. The highest BCUT2D eigenvalue weighted by Gasteiger charge is 2.08. The number of nitrogens with one attached hydrogen (secondary N) is 3. The molecule has 2 amide bonds. The lowest BCUT2D eigenvalue weighted by Crippen LogP contribution is -2.39. The van der Waals surface area contributed by atoms with Gasteiger partial charge in [0.05, 0.1) is 4.47 Å². The number of hydrogen-bond acceptors (Lipinski definition) is 4. The van der Waals surface area contributed by atoms with Crippen LogP contribution in [0.5, 0.6) is 5.75 Å². The van der Waals surface area contributed by atoms with Gasteiger partial charge in [-0.3, -0.25) is 15.0 Å². The summed E-state index contributed by atoms with van der Waals surface area (Å²) in [6, 6.07) is 11.2. The largest absolute Gasteiger partial charge is 0.483 e. The van der Waals surface area contributed by atoms with Crippen LogP contribution in [0.2, 0.25) is 0 Å². The van der Waals surface area contributed by atoms with Crippen LogP contribution in [0, 0.1) is 13.8 Å². The maximum atomic E-state index is 12.0. The monoisotopic (exact) mass is 509 g/mol. The molecule has 6 nitrogen and oxygen atoms in total. The van der Waals surface area contributed by atoms with E-state index in [-0.39, 0.29) is 18.4 Å². The molecule has 0 aliphatic rings. The van der Waals surface area contributed by atoms with Gasteiger partial charge in [0.15, 0.2) is 6.61 Å². The van der Waals surface area contributed by atoms with E-state index < -0.39 is 0 Å². The molecular formula is C20H21Br2N3O3. The number of anilines is 1. The zero-order chi connectivity index (χ0) is 20.7. The number of hydrazine groups is 1. The Morgan fingerprint density at radius 3 is 2.39 bits per heavy atom. The molecule has 0 aromatic heterocycles. The minimum Gasteiger partial charge on any atom is -0.483 e. The quantitative estimate of drug-likeness (QED) is 0.381.